The third-order valence-corrected chi connectivity index (χ3v) is 6.60. The van der Waals surface area contributed by atoms with E-state index < -0.39 is 0 Å². The van der Waals surface area contributed by atoms with Crippen molar-refractivity contribution in [1.82, 2.24) is 20.2 Å². The zero-order valence-electron chi connectivity index (χ0n) is 19.4. The van der Waals surface area contributed by atoms with Gasteiger partial charge in [0, 0.05) is 41.4 Å². The van der Waals surface area contributed by atoms with Gasteiger partial charge in [0.15, 0.2) is 0 Å². The van der Waals surface area contributed by atoms with Gasteiger partial charge in [-0.1, -0.05) is 19.9 Å². The van der Waals surface area contributed by atoms with Gasteiger partial charge in [-0.15, -0.1) is 0 Å². The molecule has 2 N–H and O–H groups in total. The first-order chi connectivity index (χ1) is 14.9. The Balaban J connectivity index is 1.68. The van der Waals surface area contributed by atoms with Crippen LogP contribution in [0.2, 0.25) is 0 Å². The van der Waals surface area contributed by atoms with Crippen molar-refractivity contribution in [3.8, 4) is 11.3 Å². The first kappa shape index (κ1) is 21.6. The zero-order chi connectivity index (χ0) is 22.1. The van der Waals surface area contributed by atoms with Gasteiger partial charge in [0.2, 0.25) is 5.91 Å². The Morgan fingerprint density at radius 3 is 2.65 bits per heavy atom. The fourth-order valence-corrected chi connectivity index (χ4v) is 4.92. The van der Waals surface area contributed by atoms with E-state index in [1.165, 1.54) is 38.9 Å². The van der Waals surface area contributed by atoms with E-state index in [0.29, 0.717) is 18.4 Å². The number of likely N-dealkylation sites (tertiary alicyclic amines) is 1. The Morgan fingerprint density at radius 1 is 1.23 bits per heavy atom. The molecule has 0 aliphatic carbocycles. The third kappa shape index (κ3) is 4.24. The largest absolute Gasteiger partial charge is 0.354 e. The summed E-state index contributed by atoms with van der Waals surface area (Å²) in [5.74, 6) is 1.12. The molecule has 0 spiro atoms. The number of nitrogens with one attached hydrogen (secondary N) is 2. The molecular weight excluding hydrogens is 384 g/mol. The number of fused-ring (bicyclic) bond motifs is 1. The van der Waals surface area contributed by atoms with Crippen LogP contribution in [0, 0.1) is 13.8 Å². The summed E-state index contributed by atoms with van der Waals surface area (Å²) in [6.45, 7) is 10.8. The normalized spacial score (nSPS) is 15.2. The average Bonchev–Trinajstić information content (AvgIpc) is 3.14. The number of carbonyl (C=O) groups excluding carboxylic acids is 1. The van der Waals surface area contributed by atoms with Crippen LogP contribution in [0.25, 0.3) is 22.2 Å². The van der Waals surface area contributed by atoms with Crippen molar-refractivity contribution in [2.24, 2.45) is 0 Å². The van der Waals surface area contributed by atoms with Crippen LogP contribution in [0.1, 0.15) is 60.9 Å². The molecule has 1 aliphatic heterocycles. The summed E-state index contributed by atoms with van der Waals surface area (Å²) in [7, 11) is 1.83. The molecule has 164 valence electrons. The van der Waals surface area contributed by atoms with E-state index in [-0.39, 0.29) is 5.91 Å². The summed E-state index contributed by atoms with van der Waals surface area (Å²) >= 11 is 0. The van der Waals surface area contributed by atoms with Crippen LogP contribution < -0.4 is 5.32 Å². The Kier molecular flexibility index (Phi) is 6.15. The third-order valence-electron chi connectivity index (χ3n) is 6.60. The second kappa shape index (κ2) is 8.83. The summed E-state index contributed by atoms with van der Waals surface area (Å²) < 4.78 is 0. The second-order valence-electron chi connectivity index (χ2n) is 9.20. The molecule has 0 unspecified atom stereocenters. The number of piperidine rings is 1. The number of H-pyrrole nitrogens is 1. The monoisotopic (exact) mass is 418 g/mol. The molecule has 0 atom stereocenters. The van der Waals surface area contributed by atoms with Crippen molar-refractivity contribution in [2.45, 2.75) is 52.4 Å². The number of aryl methyl sites for hydroxylation is 2. The average molecular weight is 419 g/mol. The van der Waals surface area contributed by atoms with E-state index >= 15 is 0 Å². The maximum Gasteiger partial charge on any atom is 0.236 e. The molecule has 31 heavy (non-hydrogen) atoms. The molecule has 0 saturated carbocycles. The molecule has 5 heteroatoms. The number of hydrogen-bond acceptors (Lipinski definition) is 3. The lowest BCUT2D eigenvalue weighted by Gasteiger charge is -2.32. The molecule has 0 radical (unpaired) electrons. The van der Waals surface area contributed by atoms with Crippen molar-refractivity contribution in [3.05, 3.63) is 52.8 Å². The van der Waals surface area contributed by atoms with Gasteiger partial charge in [0.1, 0.15) is 0 Å². The van der Waals surface area contributed by atoms with Crippen LogP contribution in [0.3, 0.4) is 0 Å². The van der Waals surface area contributed by atoms with Crippen LogP contribution in [0.4, 0.5) is 0 Å². The number of carbonyl (C=O) groups is 1. The van der Waals surface area contributed by atoms with Crippen molar-refractivity contribution in [1.29, 1.82) is 0 Å². The Bertz CT molecular complexity index is 1090. The van der Waals surface area contributed by atoms with E-state index in [4.69, 9.17) is 0 Å². The molecule has 5 nitrogen and oxygen atoms in total. The highest BCUT2D eigenvalue weighted by atomic mass is 16.2. The lowest BCUT2D eigenvalue weighted by Crippen LogP contribution is -2.41. The molecule has 1 saturated heterocycles. The van der Waals surface area contributed by atoms with Crippen LogP contribution in [0.5, 0.6) is 0 Å². The minimum atomic E-state index is 0.205. The molecule has 1 aliphatic rings. The summed E-state index contributed by atoms with van der Waals surface area (Å²) in [5, 5.41) is 4.29. The smallest absolute Gasteiger partial charge is 0.236 e. The van der Waals surface area contributed by atoms with Crippen LogP contribution >= 0.6 is 0 Å². The minimum absolute atomic E-state index is 0.205. The number of nitrogens with zero attached hydrogens (tertiary/aromatic N) is 2. The highest BCUT2D eigenvalue weighted by molar-refractivity contribution is 5.92. The van der Waals surface area contributed by atoms with E-state index in [1.807, 2.05) is 25.1 Å². The zero-order valence-corrected chi connectivity index (χ0v) is 19.4. The summed E-state index contributed by atoms with van der Waals surface area (Å²) in [4.78, 5) is 22.3. The molecule has 1 fully saturated rings. The molecule has 4 rings (SSSR count). The Morgan fingerprint density at radius 2 is 1.97 bits per heavy atom. The van der Waals surface area contributed by atoms with Gasteiger partial charge in [0.25, 0.3) is 0 Å². The number of pyridine rings is 1. The fraction of sp³-hybridized carbons (Fsp3) is 0.462. The predicted molar refractivity (Wildman–Crippen MR) is 128 cm³/mol. The Labute approximate surface area is 185 Å². The van der Waals surface area contributed by atoms with Gasteiger partial charge in [-0.05, 0) is 80.5 Å². The van der Waals surface area contributed by atoms with Gasteiger partial charge in [-0.3, -0.25) is 9.78 Å². The van der Waals surface area contributed by atoms with Crippen molar-refractivity contribution in [3.63, 3.8) is 0 Å². The lowest BCUT2D eigenvalue weighted by molar-refractivity contribution is -0.131. The van der Waals surface area contributed by atoms with Crippen molar-refractivity contribution in [2.75, 3.05) is 26.7 Å². The van der Waals surface area contributed by atoms with Crippen LogP contribution in [0.15, 0.2) is 30.5 Å². The highest BCUT2D eigenvalue weighted by Crippen LogP contribution is 2.39. The van der Waals surface area contributed by atoms with E-state index in [0.717, 1.165) is 31.6 Å². The van der Waals surface area contributed by atoms with Gasteiger partial charge in [-0.25, -0.2) is 0 Å². The van der Waals surface area contributed by atoms with Gasteiger partial charge in [0.05, 0.1) is 12.2 Å². The van der Waals surface area contributed by atoms with E-state index in [1.54, 1.807) is 0 Å². The van der Waals surface area contributed by atoms with Crippen molar-refractivity contribution >= 4 is 16.8 Å². The maximum atomic E-state index is 12.2. The van der Waals surface area contributed by atoms with E-state index in [9.17, 15) is 4.79 Å². The molecule has 0 bridgehead atoms. The topological polar surface area (TPSA) is 61.0 Å². The first-order valence-electron chi connectivity index (χ1n) is 11.4. The molecule has 3 heterocycles. The molecular formula is C26H34N4O. The summed E-state index contributed by atoms with van der Waals surface area (Å²) in [5.41, 5.74) is 8.66. The van der Waals surface area contributed by atoms with Crippen LogP contribution in [-0.2, 0) is 4.79 Å². The maximum absolute atomic E-state index is 12.2. The van der Waals surface area contributed by atoms with Crippen molar-refractivity contribution < 1.29 is 4.79 Å². The standard InChI is InChI=1S/C26H34N4O/c1-16(2)25-22-13-20(19-8-10-30(11-9-19)24(31)15-27-5)6-7-23(22)29-26(25)21-12-18(4)28-14-17(21)3/h6-7,12-14,16,19,27,29H,8-11,15H2,1-5H3. The number of amides is 1. The highest BCUT2D eigenvalue weighted by Gasteiger charge is 2.25. The van der Waals surface area contributed by atoms with E-state index in [2.05, 4.69) is 60.3 Å². The number of likely N-dealkylation sites (N-methyl/N-ethyl adjacent to an activating group) is 1. The van der Waals surface area contributed by atoms with Crippen LogP contribution in [-0.4, -0.2) is 47.5 Å². The quantitative estimate of drug-likeness (QED) is 0.620. The fourth-order valence-electron chi connectivity index (χ4n) is 4.92. The number of aromatic amines is 1. The second-order valence-corrected chi connectivity index (χ2v) is 9.20. The predicted octanol–water partition coefficient (Wildman–Crippen LogP) is 4.90. The van der Waals surface area contributed by atoms with Gasteiger partial charge in [-0.2, -0.15) is 0 Å². The Hall–Kier alpha value is -2.66. The summed E-state index contributed by atoms with van der Waals surface area (Å²) in [6, 6.07) is 9.09. The van der Waals surface area contributed by atoms with Gasteiger partial charge >= 0.3 is 0 Å². The van der Waals surface area contributed by atoms with Gasteiger partial charge < -0.3 is 15.2 Å². The first-order valence-corrected chi connectivity index (χ1v) is 11.4. The number of rotatable bonds is 5. The molecule has 2 aromatic heterocycles. The molecule has 1 amide bonds. The number of benzene rings is 1. The summed E-state index contributed by atoms with van der Waals surface area (Å²) in [6.07, 6.45) is 4.02. The number of aromatic nitrogens is 2. The SMILES string of the molecule is CNCC(=O)N1CCC(c2ccc3[nH]c(-c4cc(C)ncc4C)c(C(C)C)c3c2)CC1. The number of hydrogen-bond donors (Lipinski definition) is 2. The molecule has 3 aromatic rings. The molecule has 1 aromatic carbocycles. The lowest BCUT2D eigenvalue weighted by atomic mass is 9.87. The minimum Gasteiger partial charge on any atom is -0.354 e.